The molecule has 1 aliphatic carbocycles. The molecule has 2 aromatic carbocycles. The molecule has 0 amide bonds. The van der Waals surface area contributed by atoms with Crippen LogP contribution in [0, 0.1) is 5.82 Å². The molecule has 1 aromatic heterocycles. The highest BCUT2D eigenvalue weighted by molar-refractivity contribution is 5.89. The van der Waals surface area contributed by atoms with Crippen LogP contribution in [0.5, 0.6) is 0 Å². The summed E-state index contributed by atoms with van der Waals surface area (Å²) in [5.41, 5.74) is 3.98. The molecule has 0 atom stereocenters. The SMILES string of the molecule is CN(c1cc2ccccc2nc1-c1ccc(F)cc1)C1CCC1. The Morgan fingerprint density at radius 3 is 2.48 bits per heavy atom. The molecule has 2 nitrogen and oxygen atoms in total. The summed E-state index contributed by atoms with van der Waals surface area (Å²) >= 11 is 0. The van der Waals surface area contributed by atoms with Crippen molar-refractivity contribution in [2.24, 2.45) is 0 Å². The van der Waals surface area contributed by atoms with Gasteiger partial charge < -0.3 is 4.90 Å². The topological polar surface area (TPSA) is 16.1 Å². The van der Waals surface area contributed by atoms with Crippen molar-refractivity contribution in [3.8, 4) is 11.3 Å². The zero-order valence-electron chi connectivity index (χ0n) is 13.2. The quantitative estimate of drug-likeness (QED) is 0.674. The Morgan fingerprint density at radius 1 is 1.04 bits per heavy atom. The number of hydrogen-bond acceptors (Lipinski definition) is 2. The fourth-order valence-corrected chi connectivity index (χ4v) is 3.16. The van der Waals surface area contributed by atoms with Gasteiger partial charge in [-0.3, -0.25) is 0 Å². The molecule has 23 heavy (non-hydrogen) atoms. The Labute approximate surface area is 135 Å². The van der Waals surface area contributed by atoms with Gasteiger partial charge in [-0.15, -0.1) is 0 Å². The predicted octanol–water partition coefficient (Wildman–Crippen LogP) is 5.03. The van der Waals surface area contributed by atoms with Crippen LogP contribution >= 0.6 is 0 Å². The summed E-state index contributed by atoms with van der Waals surface area (Å²) in [6.07, 6.45) is 3.75. The molecule has 0 unspecified atom stereocenters. The van der Waals surface area contributed by atoms with Gasteiger partial charge in [0, 0.05) is 24.0 Å². The van der Waals surface area contributed by atoms with E-state index in [4.69, 9.17) is 4.98 Å². The number of benzene rings is 2. The summed E-state index contributed by atoms with van der Waals surface area (Å²) in [5.74, 6) is -0.219. The molecule has 0 spiro atoms. The minimum Gasteiger partial charge on any atom is -0.370 e. The van der Waals surface area contributed by atoms with Gasteiger partial charge in [0.05, 0.1) is 16.9 Å². The van der Waals surface area contributed by atoms with Crippen LogP contribution in [0.1, 0.15) is 19.3 Å². The molecule has 1 fully saturated rings. The summed E-state index contributed by atoms with van der Waals surface area (Å²) in [7, 11) is 2.14. The number of hydrogen-bond donors (Lipinski definition) is 0. The van der Waals surface area contributed by atoms with Gasteiger partial charge in [0.2, 0.25) is 0 Å². The zero-order valence-corrected chi connectivity index (χ0v) is 13.2. The number of para-hydroxylation sites is 1. The number of fused-ring (bicyclic) bond motifs is 1. The monoisotopic (exact) mass is 306 g/mol. The van der Waals surface area contributed by atoms with E-state index >= 15 is 0 Å². The Hall–Kier alpha value is -2.42. The van der Waals surface area contributed by atoms with Gasteiger partial charge in [0.1, 0.15) is 5.82 Å². The van der Waals surface area contributed by atoms with E-state index in [0.717, 1.165) is 27.8 Å². The Kier molecular flexibility index (Phi) is 3.49. The highest BCUT2D eigenvalue weighted by atomic mass is 19.1. The summed E-state index contributed by atoms with van der Waals surface area (Å²) in [6.45, 7) is 0. The summed E-state index contributed by atoms with van der Waals surface area (Å²) in [5, 5.41) is 1.14. The number of halogens is 1. The zero-order chi connectivity index (χ0) is 15.8. The van der Waals surface area contributed by atoms with E-state index in [1.54, 1.807) is 0 Å². The van der Waals surface area contributed by atoms with Crippen molar-refractivity contribution >= 4 is 16.6 Å². The van der Waals surface area contributed by atoms with E-state index in [1.165, 1.54) is 31.4 Å². The lowest BCUT2D eigenvalue weighted by atomic mass is 9.91. The molecule has 1 aliphatic rings. The first kappa shape index (κ1) is 14.2. The first-order valence-electron chi connectivity index (χ1n) is 8.11. The first-order chi connectivity index (χ1) is 11.2. The third kappa shape index (κ3) is 2.56. The van der Waals surface area contributed by atoms with Gasteiger partial charge >= 0.3 is 0 Å². The van der Waals surface area contributed by atoms with E-state index in [0.29, 0.717) is 6.04 Å². The Balaban J connectivity index is 1.89. The maximum atomic E-state index is 13.3. The molecule has 0 radical (unpaired) electrons. The number of anilines is 1. The van der Waals surface area contributed by atoms with Crippen molar-refractivity contribution in [2.75, 3.05) is 11.9 Å². The van der Waals surface area contributed by atoms with Gasteiger partial charge in [-0.1, -0.05) is 18.2 Å². The van der Waals surface area contributed by atoms with Crippen LogP contribution in [0.4, 0.5) is 10.1 Å². The lowest BCUT2D eigenvalue weighted by Crippen LogP contribution is -2.37. The molecule has 0 N–H and O–H groups in total. The second-order valence-electron chi connectivity index (χ2n) is 6.25. The third-order valence-corrected chi connectivity index (χ3v) is 4.82. The lowest BCUT2D eigenvalue weighted by Gasteiger charge is -2.37. The van der Waals surface area contributed by atoms with Crippen LogP contribution in [0.15, 0.2) is 54.6 Å². The lowest BCUT2D eigenvalue weighted by molar-refractivity contribution is 0.401. The largest absolute Gasteiger partial charge is 0.370 e. The van der Waals surface area contributed by atoms with Crippen molar-refractivity contribution in [2.45, 2.75) is 25.3 Å². The second-order valence-corrected chi connectivity index (χ2v) is 6.25. The van der Waals surface area contributed by atoms with Gasteiger partial charge in [-0.2, -0.15) is 0 Å². The molecular formula is C20H19FN2. The van der Waals surface area contributed by atoms with Crippen LogP contribution in [0.2, 0.25) is 0 Å². The molecular weight excluding hydrogens is 287 g/mol. The third-order valence-electron chi connectivity index (χ3n) is 4.82. The predicted molar refractivity (Wildman–Crippen MR) is 93.2 cm³/mol. The van der Waals surface area contributed by atoms with Crippen LogP contribution in [0.3, 0.4) is 0 Å². The molecule has 3 heteroatoms. The Bertz CT molecular complexity index is 838. The van der Waals surface area contributed by atoms with Crippen LogP contribution in [-0.4, -0.2) is 18.1 Å². The van der Waals surface area contributed by atoms with E-state index in [1.807, 2.05) is 30.3 Å². The standard InChI is InChI=1S/C20H19FN2/c1-23(17-6-4-7-17)19-13-15-5-2-3-8-18(15)22-20(19)14-9-11-16(21)12-10-14/h2-3,5,8-13,17H,4,6-7H2,1H3. The molecule has 4 rings (SSSR count). The average molecular weight is 306 g/mol. The summed E-state index contributed by atoms with van der Waals surface area (Å²) in [6, 6.07) is 17.6. The number of rotatable bonds is 3. The Morgan fingerprint density at radius 2 is 1.78 bits per heavy atom. The van der Waals surface area contributed by atoms with E-state index in [9.17, 15) is 4.39 Å². The van der Waals surface area contributed by atoms with Gasteiger partial charge in [-0.05, 0) is 55.7 Å². The fraction of sp³-hybridized carbons (Fsp3) is 0.250. The highest BCUT2D eigenvalue weighted by Crippen LogP contribution is 2.36. The van der Waals surface area contributed by atoms with E-state index in [-0.39, 0.29) is 5.82 Å². The maximum absolute atomic E-state index is 13.3. The fourth-order valence-electron chi connectivity index (χ4n) is 3.16. The van der Waals surface area contributed by atoms with Gasteiger partial charge in [0.25, 0.3) is 0 Å². The molecule has 0 aliphatic heterocycles. The molecule has 1 heterocycles. The van der Waals surface area contributed by atoms with E-state index < -0.39 is 0 Å². The van der Waals surface area contributed by atoms with Crippen molar-refractivity contribution in [1.29, 1.82) is 0 Å². The minimum absolute atomic E-state index is 0.219. The maximum Gasteiger partial charge on any atom is 0.123 e. The number of nitrogens with zero attached hydrogens (tertiary/aromatic N) is 2. The molecule has 116 valence electrons. The second kappa shape index (κ2) is 5.65. The van der Waals surface area contributed by atoms with Crippen LogP contribution in [0.25, 0.3) is 22.2 Å². The van der Waals surface area contributed by atoms with Crippen LogP contribution < -0.4 is 4.90 Å². The molecule has 1 saturated carbocycles. The summed E-state index contributed by atoms with van der Waals surface area (Å²) in [4.78, 5) is 7.21. The smallest absolute Gasteiger partial charge is 0.123 e. The average Bonchev–Trinajstić information content (AvgIpc) is 2.53. The number of aromatic nitrogens is 1. The highest BCUT2D eigenvalue weighted by Gasteiger charge is 2.25. The molecule has 0 saturated heterocycles. The number of pyridine rings is 1. The first-order valence-corrected chi connectivity index (χ1v) is 8.11. The van der Waals surface area contributed by atoms with Crippen molar-refractivity contribution < 1.29 is 4.39 Å². The van der Waals surface area contributed by atoms with Crippen molar-refractivity contribution in [1.82, 2.24) is 4.98 Å². The molecule has 0 bridgehead atoms. The normalized spacial score (nSPS) is 14.7. The van der Waals surface area contributed by atoms with Crippen LogP contribution in [-0.2, 0) is 0 Å². The van der Waals surface area contributed by atoms with Crippen molar-refractivity contribution in [3.63, 3.8) is 0 Å². The summed E-state index contributed by atoms with van der Waals surface area (Å²) < 4.78 is 13.3. The minimum atomic E-state index is -0.219. The molecule has 3 aromatic rings. The van der Waals surface area contributed by atoms with Gasteiger partial charge in [-0.25, -0.2) is 9.37 Å². The van der Waals surface area contributed by atoms with Crippen molar-refractivity contribution in [3.05, 3.63) is 60.4 Å². The van der Waals surface area contributed by atoms with Gasteiger partial charge in [0.15, 0.2) is 0 Å². The van der Waals surface area contributed by atoms with E-state index in [2.05, 4.69) is 24.1 Å².